The molecule has 0 radical (unpaired) electrons. The van der Waals surface area contributed by atoms with Gasteiger partial charge in [-0.2, -0.15) is 5.10 Å². The Kier molecular flexibility index (Phi) is 2.68. The van der Waals surface area contributed by atoms with Crippen molar-refractivity contribution in [3.8, 4) is 0 Å². The molecule has 0 aliphatic heterocycles. The van der Waals surface area contributed by atoms with Gasteiger partial charge in [-0.25, -0.2) is 4.39 Å². The molecule has 0 unspecified atom stereocenters. The molecule has 0 saturated carbocycles. The van der Waals surface area contributed by atoms with Gasteiger partial charge in [0.05, 0.1) is 12.7 Å². The maximum absolute atomic E-state index is 13.2. The SMILES string of the molecule is NC(=O)c1nn(Cc2ccccc2)cc1F. The van der Waals surface area contributed by atoms with E-state index < -0.39 is 11.7 Å². The minimum Gasteiger partial charge on any atom is -0.364 e. The molecule has 1 aromatic heterocycles. The van der Waals surface area contributed by atoms with E-state index in [1.54, 1.807) is 0 Å². The number of benzene rings is 1. The fourth-order valence-corrected chi connectivity index (χ4v) is 1.42. The molecule has 5 heteroatoms. The molecule has 1 aromatic carbocycles. The quantitative estimate of drug-likeness (QED) is 0.842. The second kappa shape index (κ2) is 4.14. The van der Waals surface area contributed by atoms with Gasteiger partial charge in [-0.05, 0) is 5.56 Å². The maximum atomic E-state index is 13.2. The van der Waals surface area contributed by atoms with Crippen molar-refractivity contribution in [1.82, 2.24) is 9.78 Å². The third-order valence-corrected chi connectivity index (χ3v) is 2.14. The standard InChI is InChI=1S/C11H10FN3O/c12-9-7-15(14-10(9)11(13)16)6-8-4-2-1-3-5-8/h1-5,7H,6H2,(H2,13,16). The van der Waals surface area contributed by atoms with Crippen LogP contribution in [-0.4, -0.2) is 15.7 Å². The van der Waals surface area contributed by atoms with E-state index in [1.807, 2.05) is 30.3 Å². The van der Waals surface area contributed by atoms with E-state index in [-0.39, 0.29) is 5.69 Å². The van der Waals surface area contributed by atoms with Gasteiger partial charge in [0.15, 0.2) is 11.5 Å². The average molecular weight is 219 g/mol. The molecule has 1 heterocycles. The highest BCUT2D eigenvalue weighted by Crippen LogP contribution is 2.06. The molecule has 0 atom stereocenters. The first-order valence-electron chi connectivity index (χ1n) is 4.73. The van der Waals surface area contributed by atoms with Gasteiger partial charge >= 0.3 is 0 Å². The Morgan fingerprint density at radius 1 is 1.38 bits per heavy atom. The largest absolute Gasteiger partial charge is 0.364 e. The molecule has 0 fully saturated rings. The highest BCUT2D eigenvalue weighted by Gasteiger charge is 2.13. The van der Waals surface area contributed by atoms with Gasteiger partial charge < -0.3 is 5.73 Å². The van der Waals surface area contributed by atoms with Crippen LogP contribution >= 0.6 is 0 Å². The Balaban J connectivity index is 2.23. The number of carbonyl (C=O) groups is 1. The van der Waals surface area contributed by atoms with Crippen LogP contribution in [0.4, 0.5) is 4.39 Å². The first kappa shape index (κ1) is 10.4. The number of nitrogens with two attached hydrogens (primary N) is 1. The Labute approximate surface area is 91.5 Å². The summed E-state index contributed by atoms with van der Waals surface area (Å²) < 4.78 is 14.5. The lowest BCUT2D eigenvalue weighted by atomic mass is 10.2. The van der Waals surface area contributed by atoms with Crippen molar-refractivity contribution in [2.24, 2.45) is 5.73 Å². The van der Waals surface area contributed by atoms with Gasteiger partial charge in [-0.1, -0.05) is 30.3 Å². The Morgan fingerprint density at radius 2 is 2.06 bits per heavy atom. The minimum atomic E-state index is -0.857. The molecule has 0 aliphatic rings. The third-order valence-electron chi connectivity index (χ3n) is 2.14. The smallest absolute Gasteiger partial charge is 0.272 e. The topological polar surface area (TPSA) is 60.9 Å². The molecule has 0 aliphatic carbocycles. The number of amides is 1. The van der Waals surface area contributed by atoms with Crippen LogP contribution in [0.3, 0.4) is 0 Å². The number of aromatic nitrogens is 2. The van der Waals surface area contributed by atoms with Crippen molar-refractivity contribution in [3.05, 3.63) is 53.6 Å². The molecular formula is C11H10FN3O. The number of rotatable bonds is 3. The summed E-state index contributed by atoms with van der Waals surface area (Å²) in [4.78, 5) is 10.8. The van der Waals surface area contributed by atoms with Crippen molar-refractivity contribution < 1.29 is 9.18 Å². The summed E-state index contributed by atoms with van der Waals surface area (Å²) in [6.45, 7) is 0.408. The Morgan fingerprint density at radius 3 is 2.62 bits per heavy atom. The predicted octanol–water partition coefficient (Wildman–Crippen LogP) is 1.17. The van der Waals surface area contributed by atoms with E-state index in [4.69, 9.17) is 5.73 Å². The van der Waals surface area contributed by atoms with Crippen LogP contribution in [0, 0.1) is 5.82 Å². The lowest BCUT2D eigenvalue weighted by Crippen LogP contribution is -2.14. The molecule has 16 heavy (non-hydrogen) atoms. The summed E-state index contributed by atoms with van der Waals surface area (Å²) in [5, 5.41) is 3.77. The average Bonchev–Trinajstić information content (AvgIpc) is 2.61. The number of hydrogen-bond donors (Lipinski definition) is 1. The highest BCUT2D eigenvalue weighted by molar-refractivity contribution is 5.90. The molecule has 4 nitrogen and oxygen atoms in total. The maximum Gasteiger partial charge on any atom is 0.272 e. The molecule has 0 spiro atoms. The van der Waals surface area contributed by atoms with Crippen LogP contribution < -0.4 is 5.73 Å². The van der Waals surface area contributed by atoms with Gasteiger partial charge in [-0.3, -0.25) is 9.48 Å². The fraction of sp³-hybridized carbons (Fsp3) is 0.0909. The highest BCUT2D eigenvalue weighted by atomic mass is 19.1. The molecule has 82 valence electrons. The third kappa shape index (κ3) is 2.08. The number of carbonyl (C=O) groups excluding carboxylic acids is 1. The lowest BCUT2D eigenvalue weighted by molar-refractivity contribution is 0.0991. The fourth-order valence-electron chi connectivity index (χ4n) is 1.42. The van der Waals surface area contributed by atoms with Crippen LogP contribution in [0.25, 0.3) is 0 Å². The zero-order valence-corrected chi connectivity index (χ0v) is 8.43. The van der Waals surface area contributed by atoms with Crippen molar-refractivity contribution in [1.29, 1.82) is 0 Å². The van der Waals surface area contributed by atoms with Crippen molar-refractivity contribution in [3.63, 3.8) is 0 Å². The van der Waals surface area contributed by atoms with Gasteiger partial charge in [0.2, 0.25) is 0 Å². The van der Waals surface area contributed by atoms with E-state index in [1.165, 1.54) is 4.68 Å². The summed E-state index contributed by atoms with van der Waals surface area (Å²) in [6, 6.07) is 9.43. The van der Waals surface area contributed by atoms with E-state index in [2.05, 4.69) is 5.10 Å². The number of halogens is 1. The monoisotopic (exact) mass is 219 g/mol. The van der Waals surface area contributed by atoms with E-state index in [0.717, 1.165) is 11.8 Å². The number of primary amides is 1. The first-order valence-corrected chi connectivity index (χ1v) is 4.73. The van der Waals surface area contributed by atoms with Crippen LogP contribution in [0.1, 0.15) is 16.1 Å². The minimum absolute atomic E-state index is 0.323. The van der Waals surface area contributed by atoms with Gasteiger partial charge in [0.1, 0.15) is 0 Å². The molecule has 0 bridgehead atoms. The number of nitrogens with zero attached hydrogens (tertiary/aromatic N) is 2. The molecule has 0 saturated heterocycles. The second-order valence-corrected chi connectivity index (χ2v) is 3.37. The summed E-state index contributed by atoms with van der Waals surface area (Å²) in [6.07, 6.45) is 1.16. The molecule has 2 N–H and O–H groups in total. The summed E-state index contributed by atoms with van der Waals surface area (Å²) in [5.74, 6) is -1.55. The van der Waals surface area contributed by atoms with Gasteiger partial charge in [0.25, 0.3) is 5.91 Å². The van der Waals surface area contributed by atoms with Crippen LogP contribution in [0.2, 0.25) is 0 Å². The lowest BCUT2D eigenvalue weighted by Gasteiger charge is -2.00. The molecular weight excluding hydrogens is 209 g/mol. The van der Waals surface area contributed by atoms with Crippen LogP contribution in [-0.2, 0) is 6.54 Å². The first-order chi connectivity index (χ1) is 7.66. The van der Waals surface area contributed by atoms with Crippen molar-refractivity contribution >= 4 is 5.91 Å². The Hall–Kier alpha value is -2.17. The van der Waals surface area contributed by atoms with Crippen LogP contribution in [0.15, 0.2) is 36.5 Å². The second-order valence-electron chi connectivity index (χ2n) is 3.37. The molecule has 2 aromatic rings. The zero-order chi connectivity index (χ0) is 11.5. The molecule has 2 rings (SSSR count). The van der Waals surface area contributed by atoms with E-state index in [0.29, 0.717) is 6.54 Å². The van der Waals surface area contributed by atoms with Crippen molar-refractivity contribution in [2.75, 3.05) is 0 Å². The summed E-state index contributed by atoms with van der Waals surface area (Å²) in [7, 11) is 0. The van der Waals surface area contributed by atoms with Gasteiger partial charge in [-0.15, -0.1) is 0 Å². The van der Waals surface area contributed by atoms with E-state index in [9.17, 15) is 9.18 Å². The summed E-state index contributed by atoms with van der Waals surface area (Å²) in [5.41, 5.74) is 5.62. The summed E-state index contributed by atoms with van der Waals surface area (Å²) >= 11 is 0. The zero-order valence-electron chi connectivity index (χ0n) is 8.43. The van der Waals surface area contributed by atoms with Gasteiger partial charge in [0, 0.05) is 0 Å². The normalized spacial score (nSPS) is 10.3. The molecule has 1 amide bonds. The Bertz CT molecular complexity index is 507. The number of hydrogen-bond acceptors (Lipinski definition) is 2. The van der Waals surface area contributed by atoms with Crippen molar-refractivity contribution in [2.45, 2.75) is 6.54 Å². The predicted molar refractivity (Wildman–Crippen MR) is 56.2 cm³/mol. The van der Waals surface area contributed by atoms with Crippen LogP contribution in [0.5, 0.6) is 0 Å². The van der Waals surface area contributed by atoms with E-state index >= 15 is 0 Å².